The van der Waals surface area contributed by atoms with Crippen molar-refractivity contribution >= 4 is 5.91 Å². The van der Waals surface area contributed by atoms with Crippen LogP contribution in [0.15, 0.2) is 24.4 Å². The van der Waals surface area contributed by atoms with Gasteiger partial charge < -0.3 is 14.4 Å². The summed E-state index contributed by atoms with van der Waals surface area (Å²) in [4.78, 5) is 14.9. The Morgan fingerprint density at radius 1 is 1.26 bits per heavy atom. The van der Waals surface area contributed by atoms with Crippen LogP contribution in [0.25, 0.3) is 0 Å². The molecule has 0 N–H and O–H groups in total. The van der Waals surface area contributed by atoms with Gasteiger partial charge in [0.05, 0.1) is 5.69 Å². The maximum Gasteiger partial charge on any atom is 0.254 e. The Morgan fingerprint density at radius 2 is 2.07 bits per heavy atom. The van der Waals surface area contributed by atoms with Gasteiger partial charge in [-0.15, -0.1) is 5.10 Å². The van der Waals surface area contributed by atoms with Crippen molar-refractivity contribution < 1.29 is 14.3 Å². The van der Waals surface area contributed by atoms with E-state index in [0.717, 1.165) is 38.2 Å². The quantitative estimate of drug-likeness (QED) is 0.831. The van der Waals surface area contributed by atoms with Gasteiger partial charge in [-0.1, -0.05) is 26.0 Å². The number of hydrogen-bond donors (Lipinski definition) is 0. The molecule has 3 heterocycles. The van der Waals surface area contributed by atoms with Gasteiger partial charge in [-0.25, -0.2) is 0 Å². The van der Waals surface area contributed by atoms with Crippen molar-refractivity contribution in [2.45, 2.75) is 45.6 Å². The Bertz CT molecular complexity index is 840. The number of likely N-dealkylation sites (tertiary alicyclic amines) is 1. The predicted octanol–water partition coefficient (Wildman–Crippen LogP) is 2.86. The van der Waals surface area contributed by atoms with E-state index >= 15 is 0 Å². The van der Waals surface area contributed by atoms with E-state index in [0.29, 0.717) is 23.0 Å². The molecule has 7 heteroatoms. The molecule has 0 bridgehead atoms. The molecule has 1 saturated heterocycles. The Hall–Kier alpha value is -2.57. The zero-order valence-corrected chi connectivity index (χ0v) is 16.1. The molecule has 1 fully saturated rings. The van der Waals surface area contributed by atoms with Crippen LogP contribution in [0.5, 0.6) is 11.5 Å². The van der Waals surface area contributed by atoms with Gasteiger partial charge in [0, 0.05) is 36.8 Å². The smallest absolute Gasteiger partial charge is 0.254 e. The maximum absolute atomic E-state index is 12.9. The molecule has 1 aromatic carbocycles. The standard InChI is InChI=1S/C20H26N4O3/c1-20(2,3)18-12-24(22-21-18)11-14-5-4-8-23(10-14)19(25)15-6-7-16-17(9-15)27-13-26-16/h6-7,9,12,14H,4-5,8,10-11,13H2,1-3H3. The van der Waals surface area contributed by atoms with Gasteiger partial charge in [0.1, 0.15) is 0 Å². The van der Waals surface area contributed by atoms with Crippen molar-refractivity contribution in [3.63, 3.8) is 0 Å². The first-order valence-corrected chi connectivity index (χ1v) is 9.50. The van der Waals surface area contributed by atoms with E-state index in [9.17, 15) is 4.79 Å². The van der Waals surface area contributed by atoms with E-state index in [1.165, 1.54) is 0 Å². The molecule has 0 radical (unpaired) electrons. The van der Waals surface area contributed by atoms with Gasteiger partial charge in [0.15, 0.2) is 11.5 Å². The number of rotatable bonds is 3. The van der Waals surface area contributed by atoms with Crippen LogP contribution in [0.4, 0.5) is 0 Å². The number of piperidine rings is 1. The van der Waals surface area contributed by atoms with Crippen LogP contribution >= 0.6 is 0 Å². The van der Waals surface area contributed by atoms with Crippen molar-refractivity contribution in [3.05, 3.63) is 35.7 Å². The number of hydrogen-bond acceptors (Lipinski definition) is 5. The van der Waals surface area contributed by atoms with E-state index in [1.807, 2.05) is 21.8 Å². The summed E-state index contributed by atoms with van der Waals surface area (Å²) in [5.41, 5.74) is 1.63. The Kier molecular flexibility index (Phi) is 4.53. The van der Waals surface area contributed by atoms with E-state index in [-0.39, 0.29) is 18.1 Å². The Morgan fingerprint density at radius 3 is 2.85 bits per heavy atom. The third-order valence-electron chi connectivity index (χ3n) is 5.18. The average molecular weight is 370 g/mol. The van der Waals surface area contributed by atoms with Gasteiger partial charge in [0.25, 0.3) is 5.91 Å². The molecule has 1 aromatic heterocycles. The van der Waals surface area contributed by atoms with Crippen LogP contribution in [-0.4, -0.2) is 45.7 Å². The summed E-state index contributed by atoms with van der Waals surface area (Å²) in [6.45, 7) is 8.92. The third-order valence-corrected chi connectivity index (χ3v) is 5.18. The molecule has 2 aliphatic rings. The van der Waals surface area contributed by atoms with E-state index in [4.69, 9.17) is 9.47 Å². The highest BCUT2D eigenvalue weighted by Gasteiger charge is 2.27. The Balaban J connectivity index is 1.42. The third kappa shape index (κ3) is 3.77. The van der Waals surface area contributed by atoms with Gasteiger partial charge in [-0.3, -0.25) is 9.48 Å². The molecule has 27 heavy (non-hydrogen) atoms. The highest BCUT2D eigenvalue weighted by atomic mass is 16.7. The summed E-state index contributed by atoms with van der Waals surface area (Å²) in [7, 11) is 0. The van der Waals surface area contributed by atoms with Crippen molar-refractivity contribution in [2.75, 3.05) is 19.9 Å². The molecule has 4 rings (SSSR count). The van der Waals surface area contributed by atoms with Crippen LogP contribution in [0, 0.1) is 5.92 Å². The number of fused-ring (bicyclic) bond motifs is 1. The van der Waals surface area contributed by atoms with Crippen molar-refractivity contribution in [3.8, 4) is 11.5 Å². The fourth-order valence-electron chi connectivity index (χ4n) is 3.61. The molecule has 1 amide bonds. The molecule has 0 saturated carbocycles. The van der Waals surface area contributed by atoms with Crippen molar-refractivity contribution in [2.24, 2.45) is 5.92 Å². The van der Waals surface area contributed by atoms with Crippen LogP contribution in [-0.2, 0) is 12.0 Å². The van der Waals surface area contributed by atoms with Crippen LogP contribution in [0.2, 0.25) is 0 Å². The summed E-state index contributed by atoms with van der Waals surface area (Å²) >= 11 is 0. The molecule has 1 atom stereocenters. The number of benzene rings is 1. The summed E-state index contributed by atoms with van der Waals surface area (Å²) in [6, 6.07) is 5.40. The first-order valence-electron chi connectivity index (χ1n) is 9.50. The molecule has 144 valence electrons. The van der Waals surface area contributed by atoms with Crippen LogP contribution in [0.1, 0.15) is 49.7 Å². The van der Waals surface area contributed by atoms with E-state index in [2.05, 4.69) is 31.1 Å². The molecule has 1 unspecified atom stereocenters. The zero-order chi connectivity index (χ0) is 19.0. The second-order valence-electron chi connectivity index (χ2n) is 8.40. The zero-order valence-electron chi connectivity index (χ0n) is 16.1. The van der Waals surface area contributed by atoms with Crippen LogP contribution in [0.3, 0.4) is 0 Å². The molecule has 0 spiro atoms. The summed E-state index contributed by atoms with van der Waals surface area (Å²) < 4.78 is 12.6. The van der Waals surface area contributed by atoms with E-state index in [1.54, 1.807) is 12.1 Å². The second-order valence-corrected chi connectivity index (χ2v) is 8.40. The molecule has 0 aliphatic carbocycles. The molecule has 2 aliphatic heterocycles. The number of carbonyl (C=O) groups excluding carboxylic acids is 1. The highest BCUT2D eigenvalue weighted by molar-refractivity contribution is 5.95. The molecule has 7 nitrogen and oxygen atoms in total. The minimum Gasteiger partial charge on any atom is -0.454 e. The minimum atomic E-state index is -0.00777. The molecular formula is C20H26N4O3. The first-order chi connectivity index (χ1) is 12.9. The average Bonchev–Trinajstić information content (AvgIpc) is 3.29. The predicted molar refractivity (Wildman–Crippen MR) is 99.9 cm³/mol. The fourth-order valence-corrected chi connectivity index (χ4v) is 3.61. The lowest BCUT2D eigenvalue weighted by atomic mass is 9.93. The Labute approximate surface area is 159 Å². The van der Waals surface area contributed by atoms with Crippen LogP contribution < -0.4 is 9.47 Å². The number of nitrogens with zero attached hydrogens (tertiary/aromatic N) is 4. The first kappa shape index (κ1) is 17.8. The normalized spacial score (nSPS) is 19.4. The number of ether oxygens (including phenoxy) is 2. The lowest BCUT2D eigenvalue weighted by Gasteiger charge is -2.32. The van der Waals surface area contributed by atoms with Crippen molar-refractivity contribution in [1.29, 1.82) is 0 Å². The number of amides is 1. The largest absolute Gasteiger partial charge is 0.454 e. The SMILES string of the molecule is CC(C)(C)c1cn(CC2CCCN(C(=O)c3ccc4c(c3)OCO4)C2)nn1. The number of carbonyl (C=O) groups is 1. The summed E-state index contributed by atoms with van der Waals surface area (Å²) in [5, 5.41) is 8.57. The molecule has 2 aromatic rings. The highest BCUT2D eigenvalue weighted by Crippen LogP contribution is 2.33. The van der Waals surface area contributed by atoms with Crippen molar-refractivity contribution in [1.82, 2.24) is 19.9 Å². The van der Waals surface area contributed by atoms with Gasteiger partial charge in [-0.2, -0.15) is 0 Å². The summed E-state index contributed by atoms with van der Waals surface area (Å²) in [6.07, 6.45) is 4.12. The molecular weight excluding hydrogens is 344 g/mol. The lowest BCUT2D eigenvalue weighted by molar-refractivity contribution is 0.0659. The topological polar surface area (TPSA) is 69.5 Å². The van der Waals surface area contributed by atoms with Gasteiger partial charge in [-0.05, 0) is 37.0 Å². The second kappa shape index (κ2) is 6.87. The van der Waals surface area contributed by atoms with Gasteiger partial charge in [0.2, 0.25) is 6.79 Å². The lowest BCUT2D eigenvalue weighted by Crippen LogP contribution is -2.41. The maximum atomic E-state index is 12.9. The van der Waals surface area contributed by atoms with Gasteiger partial charge >= 0.3 is 0 Å². The minimum absolute atomic E-state index is 0.00777. The fraction of sp³-hybridized carbons (Fsp3) is 0.550. The monoisotopic (exact) mass is 370 g/mol. The number of aromatic nitrogens is 3. The summed E-state index contributed by atoms with van der Waals surface area (Å²) in [5.74, 6) is 1.77. The van der Waals surface area contributed by atoms with E-state index < -0.39 is 0 Å².